The predicted octanol–water partition coefficient (Wildman–Crippen LogP) is 3.79. The maximum absolute atomic E-state index is 13.4. The second kappa shape index (κ2) is 12.6. The van der Waals surface area contributed by atoms with E-state index in [0.29, 0.717) is 17.8 Å². The van der Waals surface area contributed by atoms with Crippen LogP contribution in [-0.2, 0) is 16.0 Å². The molecule has 0 bridgehead atoms. The van der Waals surface area contributed by atoms with Gasteiger partial charge in [-0.1, -0.05) is 36.4 Å². The van der Waals surface area contributed by atoms with E-state index in [2.05, 4.69) is 26.0 Å². The van der Waals surface area contributed by atoms with Gasteiger partial charge in [-0.15, -0.1) is 0 Å². The lowest BCUT2D eigenvalue weighted by Gasteiger charge is -2.26. The number of hydroxylamine groups is 1. The van der Waals surface area contributed by atoms with Crippen LogP contribution in [0.3, 0.4) is 0 Å². The fraction of sp³-hybridized carbons (Fsp3) is 0.179. The van der Waals surface area contributed by atoms with E-state index in [1.54, 1.807) is 5.48 Å². The molecule has 4 aromatic rings. The highest BCUT2D eigenvalue weighted by atomic mass is 19.1. The van der Waals surface area contributed by atoms with Crippen LogP contribution in [0.25, 0.3) is 11.1 Å². The number of H-pyrrole nitrogens is 1. The van der Waals surface area contributed by atoms with Gasteiger partial charge < -0.3 is 10.6 Å². The van der Waals surface area contributed by atoms with Gasteiger partial charge >= 0.3 is 0 Å². The van der Waals surface area contributed by atoms with Crippen molar-refractivity contribution in [1.82, 2.24) is 26.2 Å². The first-order valence-electron chi connectivity index (χ1n) is 12.1. The minimum absolute atomic E-state index is 0.132. The van der Waals surface area contributed by atoms with Crippen molar-refractivity contribution in [1.29, 1.82) is 0 Å². The van der Waals surface area contributed by atoms with Gasteiger partial charge in [-0.05, 0) is 65.4 Å². The zero-order valence-corrected chi connectivity index (χ0v) is 21.0. The minimum atomic E-state index is -0.765. The smallest absolute Gasteiger partial charge is 0.251 e. The number of halogens is 1. The molecule has 2 atom stereocenters. The zero-order valence-electron chi connectivity index (χ0n) is 21.0. The molecular weight excluding hydrogens is 503 g/mol. The molecule has 39 heavy (non-hydrogen) atoms. The number of amides is 3. The van der Waals surface area contributed by atoms with Crippen LogP contribution in [0.1, 0.15) is 41.0 Å². The van der Waals surface area contributed by atoms with Crippen LogP contribution in [0.5, 0.6) is 0 Å². The van der Waals surface area contributed by atoms with E-state index in [0.717, 1.165) is 16.7 Å². The number of aromatic amines is 1. The van der Waals surface area contributed by atoms with Gasteiger partial charge in [0.25, 0.3) is 5.91 Å². The Morgan fingerprint density at radius 1 is 1.00 bits per heavy atom. The molecule has 3 aromatic carbocycles. The lowest BCUT2D eigenvalue weighted by molar-refractivity contribution is -0.130. The molecule has 0 spiro atoms. The van der Waals surface area contributed by atoms with Crippen molar-refractivity contribution in [2.75, 3.05) is 5.32 Å². The lowest BCUT2D eigenvalue weighted by atomic mass is 9.86. The van der Waals surface area contributed by atoms with Crippen molar-refractivity contribution >= 4 is 23.4 Å². The molecule has 0 radical (unpaired) electrons. The van der Waals surface area contributed by atoms with Crippen LogP contribution in [-0.4, -0.2) is 38.3 Å². The number of hydrogen-bond acceptors (Lipinski definition) is 6. The van der Waals surface area contributed by atoms with Gasteiger partial charge in [0.1, 0.15) is 11.5 Å². The Balaban J connectivity index is 1.62. The number of carbonyl (C=O) groups is 3. The third-order valence-electron chi connectivity index (χ3n) is 6.15. The summed E-state index contributed by atoms with van der Waals surface area (Å²) in [6.45, 7) is 1.44. The molecule has 0 fully saturated rings. The molecule has 0 aliphatic heterocycles. The van der Waals surface area contributed by atoms with E-state index in [9.17, 15) is 24.0 Å². The van der Waals surface area contributed by atoms with Gasteiger partial charge in [-0.25, -0.2) is 9.87 Å². The highest BCUT2D eigenvalue weighted by Crippen LogP contribution is 2.30. The average Bonchev–Trinajstić information content (AvgIpc) is 3.46. The molecule has 0 saturated heterocycles. The van der Waals surface area contributed by atoms with Gasteiger partial charge in [0.15, 0.2) is 0 Å². The van der Waals surface area contributed by atoms with Crippen molar-refractivity contribution in [3.63, 3.8) is 0 Å². The third-order valence-corrected chi connectivity index (χ3v) is 6.15. The Morgan fingerprint density at radius 2 is 1.74 bits per heavy atom. The number of carbonyl (C=O) groups excluding carboxylic acids is 3. The Morgan fingerprint density at radius 3 is 2.38 bits per heavy atom. The van der Waals surface area contributed by atoms with E-state index in [-0.39, 0.29) is 17.9 Å². The van der Waals surface area contributed by atoms with Crippen LogP contribution in [0.15, 0.2) is 79.0 Å². The number of anilines is 1. The molecule has 10 nitrogen and oxygen atoms in total. The van der Waals surface area contributed by atoms with E-state index < -0.39 is 29.6 Å². The van der Waals surface area contributed by atoms with E-state index in [1.807, 2.05) is 48.5 Å². The number of aromatic nitrogens is 3. The molecule has 1 heterocycles. The predicted molar refractivity (Wildman–Crippen MR) is 141 cm³/mol. The fourth-order valence-electron chi connectivity index (χ4n) is 4.34. The Kier molecular flexibility index (Phi) is 8.75. The summed E-state index contributed by atoms with van der Waals surface area (Å²) >= 11 is 0. The van der Waals surface area contributed by atoms with Crippen molar-refractivity contribution in [2.24, 2.45) is 5.92 Å². The van der Waals surface area contributed by atoms with Crippen LogP contribution < -0.4 is 16.1 Å². The van der Waals surface area contributed by atoms with Crippen LogP contribution in [0.4, 0.5) is 10.1 Å². The van der Waals surface area contributed by atoms with E-state index in [4.69, 9.17) is 0 Å². The maximum Gasteiger partial charge on any atom is 0.251 e. The largest absolute Gasteiger partial charge is 0.343 e. The topological polar surface area (TPSA) is 149 Å². The summed E-state index contributed by atoms with van der Waals surface area (Å²) in [7, 11) is 0. The molecule has 0 aliphatic carbocycles. The van der Waals surface area contributed by atoms with Crippen molar-refractivity contribution < 1.29 is 24.0 Å². The molecule has 0 saturated carbocycles. The summed E-state index contributed by atoms with van der Waals surface area (Å²) in [6.07, 6.45) is 1.66. The normalized spacial score (nSPS) is 12.3. The molecular formula is C28H27FN6O4. The summed E-state index contributed by atoms with van der Waals surface area (Å²) in [6, 6.07) is 19.4. The van der Waals surface area contributed by atoms with Gasteiger partial charge in [-0.3, -0.25) is 19.6 Å². The molecule has 2 unspecified atom stereocenters. The number of nitrogens with one attached hydrogen (secondary N) is 4. The van der Waals surface area contributed by atoms with Crippen LogP contribution in [0, 0.1) is 11.7 Å². The highest BCUT2D eigenvalue weighted by Gasteiger charge is 2.30. The Hall–Kier alpha value is -4.90. The standard InChI is InChI=1S/C28H27FN6O4/c1-17(36)31-24-11-7-19(8-12-24)21-4-2-3-18(13-21)14-22(15-26(37)34-39)27(25-16-30-35-33-25)32-28(38)20-5-9-23(29)10-6-20/h2-13,16,22,27,39H,14-15H2,1H3,(H,31,36)(H,32,38)(H,34,37)(H,30,33,35). The number of rotatable bonds is 10. The monoisotopic (exact) mass is 530 g/mol. The first kappa shape index (κ1) is 27.1. The quantitative estimate of drug-likeness (QED) is 0.156. The molecule has 5 N–H and O–H groups in total. The third kappa shape index (κ3) is 7.33. The average molecular weight is 531 g/mol. The highest BCUT2D eigenvalue weighted by molar-refractivity contribution is 5.94. The molecule has 1 aromatic heterocycles. The number of hydrogen-bond donors (Lipinski definition) is 5. The minimum Gasteiger partial charge on any atom is -0.343 e. The number of benzene rings is 3. The van der Waals surface area contributed by atoms with Gasteiger partial charge in [0.05, 0.1) is 12.2 Å². The second-order valence-electron chi connectivity index (χ2n) is 9.02. The van der Waals surface area contributed by atoms with Gasteiger partial charge in [0, 0.05) is 24.6 Å². The SMILES string of the molecule is CC(=O)Nc1ccc(-c2cccc(CC(CC(=O)NO)C(NC(=O)c3ccc(F)cc3)c3cn[nH]n3)c2)cc1. The molecule has 11 heteroatoms. The van der Waals surface area contributed by atoms with Crippen molar-refractivity contribution in [3.05, 3.63) is 102 Å². The molecule has 0 aliphatic rings. The first-order valence-corrected chi connectivity index (χ1v) is 12.1. The summed E-state index contributed by atoms with van der Waals surface area (Å²) < 4.78 is 13.4. The summed E-state index contributed by atoms with van der Waals surface area (Å²) in [5.74, 6) is -2.28. The summed E-state index contributed by atoms with van der Waals surface area (Å²) in [4.78, 5) is 36.6. The van der Waals surface area contributed by atoms with E-state index in [1.165, 1.54) is 37.4 Å². The van der Waals surface area contributed by atoms with Crippen LogP contribution in [0.2, 0.25) is 0 Å². The summed E-state index contributed by atoms with van der Waals surface area (Å²) in [5, 5.41) is 25.4. The van der Waals surface area contributed by atoms with Gasteiger partial charge in [0.2, 0.25) is 11.8 Å². The maximum atomic E-state index is 13.4. The zero-order chi connectivity index (χ0) is 27.8. The number of nitrogens with zero attached hydrogens (tertiary/aromatic N) is 2. The van der Waals surface area contributed by atoms with Crippen LogP contribution >= 0.6 is 0 Å². The lowest BCUT2D eigenvalue weighted by Crippen LogP contribution is -2.37. The van der Waals surface area contributed by atoms with Gasteiger partial charge in [-0.2, -0.15) is 15.4 Å². The first-order chi connectivity index (χ1) is 18.8. The fourth-order valence-corrected chi connectivity index (χ4v) is 4.34. The molecule has 200 valence electrons. The Bertz CT molecular complexity index is 1430. The van der Waals surface area contributed by atoms with Crippen molar-refractivity contribution in [2.45, 2.75) is 25.8 Å². The summed E-state index contributed by atoms with van der Waals surface area (Å²) in [5.41, 5.74) is 5.69. The van der Waals surface area contributed by atoms with Crippen molar-refractivity contribution in [3.8, 4) is 11.1 Å². The van der Waals surface area contributed by atoms with E-state index >= 15 is 0 Å². The molecule has 4 rings (SSSR count). The Labute approximate surface area is 223 Å². The molecule has 3 amide bonds. The second-order valence-corrected chi connectivity index (χ2v) is 9.02.